The lowest BCUT2D eigenvalue weighted by Crippen LogP contribution is -2.62. The third-order valence-electron chi connectivity index (χ3n) is 4.65. The first-order valence-corrected chi connectivity index (χ1v) is 6.77. The van der Waals surface area contributed by atoms with Gasteiger partial charge in [-0.15, -0.1) is 0 Å². The highest BCUT2D eigenvalue weighted by Gasteiger charge is 2.41. The topological polar surface area (TPSA) is 15.3 Å². The fraction of sp³-hybridized carbons (Fsp3) is 1.00. The Hall–Kier alpha value is -0.0800. The molecular formula is C13H24N2. The van der Waals surface area contributed by atoms with Gasteiger partial charge >= 0.3 is 0 Å². The van der Waals surface area contributed by atoms with Gasteiger partial charge in [0.1, 0.15) is 0 Å². The van der Waals surface area contributed by atoms with Crippen LogP contribution in [0.25, 0.3) is 0 Å². The van der Waals surface area contributed by atoms with Gasteiger partial charge in [-0.05, 0) is 38.5 Å². The van der Waals surface area contributed by atoms with E-state index in [1.807, 2.05) is 0 Å². The molecule has 3 rings (SSSR count). The first-order chi connectivity index (χ1) is 7.27. The van der Waals surface area contributed by atoms with Crippen molar-refractivity contribution in [1.82, 2.24) is 10.2 Å². The second-order valence-corrected chi connectivity index (χ2v) is 6.09. The highest BCUT2D eigenvalue weighted by Crippen LogP contribution is 2.36. The zero-order valence-corrected chi connectivity index (χ0v) is 9.97. The van der Waals surface area contributed by atoms with Crippen LogP contribution in [0.1, 0.15) is 45.4 Å². The second kappa shape index (κ2) is 3.74. The van der Waals surface area contributed by atoms with Crippen LogP contribution in [0.2, 0.25) is 0 Å². The lowest BCUT2D eigenvalue weighted by molar-refractivity contribution is 0.0849. The number of hydrogen-bond acceptors (Lipinski definition) is 2. The molecule has 1 saturated heterocycles. The Morgan fingerprint density at radius 3 is 2.67 bits per heavy atom. The molecule has 0 amide bonds. The molecule has 15 heavy (non-hydrogen) atoms. The fourth-order valence-corrected chi connectivity index (χ4v) is 3.36. The average Bonchev–Trinajstić information content (AvgIpc) is 2.93. The van der Waals surface area contributed by atoms with E-state index in [1.54, 1.807) is 0 Å². The van der Waals surface area contributed by atoms with Gasteiger partial charge in [0.05, 0.1) is 0 Å². The normalized spacial score (nSPS) is 36.2. The van der Waals surface area contributed by atoms with Gasteiger partial charge in [0, 0.05) is 31.2 Å². The monoisotopic (exact) mass is 208 g/mol. The van der Waals surface area contributed by atoms with Crippen LogP contribution in [-0.4, -0.2) is 36.1 Å². The lowest BCUT2D eigenvalue weighted by atomic mass is 9.92. The minimum Gasteiger partial charge on any atom is -0.308 e. The molecule has 2 saturated carbocycles. The van der Waals surface area contributed by atoms with E-state index in [-0.39, 0.29) is 0 Å². The third kappa shape index (κ3) is 2.07. The van der Waals surface area contributed by atoms with E-state index < -0.39 is 0 Å². The molecule has 2 nitrogen and oxygen atoms in total. The molecule has 1 aliphatic heterocycles. The van der Waals surface area contributed by atoms with Crippen LogP contribution in [0.15, 0.2) is 0 Å². The van der Waals surface area contributed by atoms with Crippen molar-refractivity contribution < 1.29 is 0 Å². The molecular weight excluding hydrogens is 184 g/mol. The number of nitrogens with one attached hydrogen (secondary N) is 1. The standard InChI is InChI=1S/C13H24N2/c1-11-8-14-13(6-2-3-7-13)10-15(11)9-12-4-5-12/h11-12,14H,2-10H2,1H3. The molecule has 1 spiro atoms. The summed E-state index contributed by atoms with van der Waals surface area (Å²) in [5.74, 6) is 1.05. The van der Waals surface area contributed by atoms with Crippen molar-refractivity contribution in [3.63, 3.8) is 0 Å². The molecule has 2 aliphatic carbocycles. The van der Waals surface area contributed by atoms with Crippen molar-refractivity contribution in [1.29, 1.82) is 0 Å². The average molecular weight is 208 g/mol. The first-order valence-electron chi connectivity index (χ1n) is 6.77. The van der Waals surface area contributed by atoms with Crippen molar-refractivity contribution in [2.24, 2.45) is 5.92 Å². The molecule has 1 atom stereocenters. The van der Waals surface area contributed by atoms with Gasteiger partial charge in [-0.2, -0.15) is 0 Å². The van der Waals surface area contributed by atoms with Crippen LogP contribution in [0, 0.1) is 5.92 Å². The third-order valence-corrected chi connectivity index (χ3v) is 4.65. The largest absolute Gasteiger partial charge is 0.308 e. The summed E-state index contributed by atoms with van der Waals surface area (Å²) in [7, 11) is 0. The zero-order chi connectivity index (χ0) is 10.3. The highest BCUT2D eigenvalue weighted by molar-refractivity contribution is 5.00. The van der Waals surface area contributed by atoms with Crippen molar-refractivity contribution in [2.75, 3.05) is 19.6 Å². The maximum atomic E-state index is 3.83. The van der Waals surface area contributed by atoms with Gasteiger partial charge in [0.2, 0.25) is 0 Å². The summed E-state index contributed by atoms with van der Waals surface area (Å²) < 4.78 is 0. The Labute approximate surface area is 93.4 Å². The Morgan fingerprint density at radius 1 is 1.27 bits per heavy atom. The second-order valence-electron chi connectivity index (χ2n) is 6.09. The smallest absolute Gasteiger partial charge is 0.0309 e. The van der Waals surface area contributed by atoms with Gasteiger partial charge < -0.3 is 5.32 Å². The summed E-state index contributed by atoms with van der Waals surface area (Å²) in [6, 6.07) is 0.761. The van der Waals surface area contributed by atoms with Gasteiger partial charge in [-0.3, -0.25) is 4.90 Å². The summed E-state index contributed by atoms with van der Waals surface area (Å²) in [5, 5.41) is 3.83. The molecule has 1 heterocycles. The quantitative estimate of drug-likeness (QED) is 0.747. The number of nitrogens with zero attached hydrogens (tertiary/aromatic N) is 1. The molecule has 0 aromatic heterocycles. The Morgan fingerprint density at radius 2 is 2.00 bits per heavy atom. The van der Waals surface area contributed by atoms with Crippen LogP contribution in [0.5, 0.6) is 0 Å². The maximum absolute atomic E-state index is 3.83. The van der Waals surface area contributed by atoms with Crippen LogP contribution in [-0.2, 0) is 0 Å². The highest BCUT2D eigenvalue weighted by atomic mass is 15.3. The van der Waals surface area contributed by atoms with Crippen molar-refractivity contribution in [2.45, 2.75) is 57.0 Å². The van der Waals surface area contributed by atoms with Crippen molar-refractivity contribution in [3.05, 3.63) is 0 Å². The SMILES string of the molecule is CC1CNC2(CCCC2)CN1CC1CC1. The van der Waals surface area contributed by atoms with Crippen LogP contribution >= 0.6 is 0 Å². The Kier molecular flexibility index (Phi) is 2.52. The molecule has 0 aromatic rings. The predicted octanol–water partition coefficient (Wildman–Crippen LogP) is 2.00. The molecule has 3 aliphatic rings. The van der Waals surface area contributed by atoms with Crippen LogP contribution in [0.4, 0.5) is 0 Å². The van der Waals surface area contributed by atoms with Crippen LogP contribution in [0.3, 0.4) is 0 Å². The molecule has 0 aromatic carbocycles. The van der Waals surface area contributed by atoms with E-state index in [9.17, 15) is 0 Å². The maximum Gasteiger partial charge on any atom is 0.0309 e. The minimum absolute atomic E-state index is 0.515. The van der Waals surface area contributed by atoms with E-state index in [1.165, 1.54) is 58.2 Å². The van der Waals surface area contributed by atoms with Gasteiger partial charge in [0.15, 0.2) is 0 Å². The summed E-state index contributed by atoms with van der Waals surface area (Å²) in [5.41, 5.74) is 0.515. The number of rotatable bonds is 2. The number of piperazine rings is 1. The molecule has 0 radical (unpaired) electrons. The summed E-state index contributed by atoms with van der Waals surface area (Å²) in [6.07, 6.45) is 8.70. The fourth-order valence-electron chi connectivity index (χ4n) is 3.36. The van der Waals surface area contributed by atoms with E-state index in [4.69, 9.17) is 0 Å². The van der Waals surface area contributed by atoms with E-state index in [0.29, 0.717) is 5.54 Å². The molecule has 1 N–H and O–H groups in total. The zero-order valence-electron chi connectivity index (χ0n) is 9.97. The van der Waals surface area contributed by atoms with Crippen molar-refractivity contribution in [3.8, 4) is 0 Å². The molecule has 1 unspecified atom stereocenters. The van der Waals surface area contributed by atoms with Crippen molar-refractivity contribution >= 4 is 0 Å². The predicted molar refractivity (Wildman–Crippen MR) is 63.0 cm³/mol. The van der Waals surface area contributed by atoms with Gasteiger partial charge in [-0.1, -0.05) is 12.8 Å². The van der Waals surface area contributed by atoms with E-state index in [2.05, 4.69) is 17.1 Å². The number of hydrogen-bond donors (Lipinski definition) is 1. The molecule has 3 fully saturated rings. The lowest BCUT2D eigenvalue weighted by Gasteiger charge is -2.45. The van der Waals surface area contributed by atoms with E-state index in [0.717, 1.165) is 12.0 Å². The minimum atomic E-state index is 0.515. The summed E-state index contributed by atoms with van der Waals surface area (Å²) >= 11 is 0. The molecule has 0 bridgehead atoms. The molecule has 86 valence electrons. The van der Waals surface area contributed by atoms with E-state index >= 15 is 0 Å². The van der Waals surface area contributed by atoms with Crippen LogP contribution < -0.4 is 5.32 Å². The van der Waals surface area contributed by atoms with Gasteiger partial charge in [-0.25, -0.2) is 0 Å². The summed E-state index contributed by atoms with van der Waals surface area (Å²) in [6.45, 7) is 6.30. The summed E-state index contributed by atoms with van der Waals surface area (Å²) in [4.78, 5) is 2.76. The Balaban J connectivity index is 1.64. The first kappa shape index (κ1) is 10.1. The Bertz CT molecular complexity index is 229. The van der Waals surface area contributed by atoms with Gasteiger partial charge in [0.25, 0.3) is 0 Å². The molecule has 2 heteroatoms.